The minimum atomic E-state index is -0.568. The fourth-order valence-corrected chi connectivity index (χ4v) is 4.11. The average Bonchev–Trinajstić information content (AvgIpc) is 3.09. The molecule has 1 saturated carbocycles. The summed E-state index contributed by atoms with van der Waals surface area (Å²) in [5.41, 5.74) is 0.0894. The summed E-state index contributed by atoms with van der Waals surface area (Å²) in [6.45, 7) is 6.18. The first kappa shape index (κ1) is 18.1. The topological polar surface area (TPSA) is 99.4 Å². The molecule has 2 saturated heterocycles. The first-order valence-corrected chi connectivity index (χ1v) is 9.28. The summed E-state index contributed by atoms with van der Waals surface area (Å²) < 4.78 is 10.7. The smallest absolute Gasteiger partial charge is 0.410 e. The molecule has 0 radical (unpaired) electrons. The fraction of sp³-hybridized carbons (Fsp3) is 0.722. The van der Waals surface area contributed by atoms with E-state index < -0.39 is 11.7 Å². The van der Waals surface area contributed by atoms with Crippen LogP contribution >= 0.6 is 0 Å². The minimum Gasteiger partial charge on any atom is -0.444 e. The van der Waals surface area contributed by atoms with Crippen LogP contribution in [0.25, 0.3) is 0 Å². The van der Waals surface area contributed by atoms with Crippen molar-refractivity contribution in [3.63, 3.8) is 0 Å². The maximum atomic E-state index is 12.4. The third-order valence-electron chi connectivity index (χ3n) is 5.70. The highest BCUT2D eigenvalue weighted by atomic mass is 16.6. The summed E-state index contributed by atoms with van der Waals surface area (Å²) in [7, 11) is 1.63. The van der Waals surface area contributed by atoms with Crippen molar-refractivity contribution in [1.82, 2.24) is 20.0 Å². The fourth-order valence-electron chi connectivity index (χ4n) is 4.11. The zero-order valence-electron chi connectivity index (χ0n) is 16.1. The summed E-state index contributed by atoms with van der Waals surface area (Å²) in [5.74, 6) is 0.526. The second kappa shape index (κ2) is 5.85. The van der Waals surface area contributed by atoms with Gasteiger partial charge in [0.25, 0.3) is 0 Å². The van der Waals surface area contributed by atoms with Crippen molar-refractivity contribution in [3.8, 4) is 0 Å². The van der Waals surface area contributed by atoms with E-state index in [1.165, 1.54) is 4.90 Å². The van der Waals surface area contributed by atoms with Crippen molar-refractivity contribution in [3.05, 3.63) is 17.5 Å². The molecule has 1 aromatic rings. The van der Waals surface area contributed by atoms with E-state index in [1.54, 1.807) is 18.0 Å². The third-order valence-corrected chi connectivity index (χ3v) is 5.70. The Morgan fingerprint density at radius 2 is 2.19 bits per heavy atom. The second-order valence-corrected chi connectivity index (χ2v) is 8.93. The lowest BCUT2D eigenvalue weighted by Crippen LogP contribution is -2.41. The van der Waals surface area contributed by atoms with Gasteiger partial charge in [-0.3, -0.25) is 5.21 Å². The number of hydroxylamine groups is 2. The number of rotatable bonds is 3. The number of piperidine rings is 1. The van der Waals surface area contributed by atoms with E-state index in [9.17, 15) is 14.8 Å². The normalized spacial score (nSPS) is 25.9. The molecule has 9 nitrogen and oxygen atoms in total. The molecule has 3 amide bonds. The molecule has 0 aromatic carbocycles. The maximum Gasteiger partial charge on any atom is 0.410 e. The minimum absolute atomic E-state index is 0.00546. The Morgan fingerprint density at radius 1 is 1.48 bits per heavy atom. The number of amides is 3. The van der Waals surface area contributed by atoms with Gasteiger partial charge in [0, 0.05) is 19.7 Å². The van der Waals surface area contributed by atoms with Crippen LogP contribution < -0.4 is 0 Å². The maximum absolute atomic E-state index is 12.4. The van der Waals surface area contributed by atoms with Gasteiger partial charge >= 0.3 is 12.1 Å². The molecule has 0 unspecified atom stereocenters. The largest absolute Gasteiger partial charge is 0.444 e. The van der Waals surface area contributed by atoms with Crippen LogP contribution in [0.5, 0.6) is 0 Å². The number of carbonyl (C=O) groups excluding carboxylic acids is 2. The predicted molar refractivity (Wildman–Crippen MR) is 92.7 cm³/mol. The number of nitrogens with zero attached hydrogens (tertiary/aromatic N) is 4. The van der Waals surface area contributed by atoms with Gasteiger partial charge < -0.3 is 19.1 Å². The second-order valence-electron chi connectivity index (χ2n) is 8.93. The van der Waals surface area contributed by atoms with Gasteiger partial charge in [-0.25, -0.2) is 14.7 Å². The highest BCUT2D eigenvalue weighted by molar-refractivity contribution is 5.77. The zero-order valence-corrected chi connectivity index (χ0v) is 16.1. The summed E-state index contributed by atoms with van der Waals surface area (Å²) in [4.78, 5) is 27.6. The van der Waals surface area contributed by atoms with Crippen LogP contribution in [0.15, 0.2) is 10.6 Å². The predicted octanol–water partition coefficient (Wildman–Crippen LogP) is 2.76. The molecular formula is C18H26N4O5. The highest BCUT2D eigenvalue weighted by Gasteiger charge is 2.63. The summed E-state index contributed by atoms with van der Waals surface area (Å²) >= 11 is 0. The molecule has 4 rings (SSSR count). The summed E-state index contributed by atoms with van der Waals surface area (Å²) in [6, 6.07) is 1.09. The number of fused-ring (bicyclic) bond motifs is 3. The van der Waals surface area contributed by atoms with Crippen LogP contribution in [-0.4, -0.2) is 62.6 Å². The Balaban J connectivity index is 1.47. The van der Waals surface area contributed by atoms with Gasteiger partial charge in [0.05, 0.1) is 18.6 Å². The van der Waals surface area contributed by atoms with Crippen molar-refractivity contribution >= 4 is 12.1 Å². The first-order valence-electron chi connectivity index (χ1n) is 9.28. The van der Waals surface area contributed by atoms with Crippen molar-refractivity contribution in [2.24, 2.45) is 5.41 Å². The lowest BCUT2D eigenvalue weighted by atomic mass is 9.84. The Labute approximate surface area is 157 Å². The Bertz CT molecular complexity index is 766. The molecule has 2 aliphatic heterocycles. The van der Waals surface area contributed by atoms with E-state index in [-0.39, 0.29) is 30.1 Å². The zero-order chi connectivity index (χ0) is 19.6. The van der Waals surface area contributed by atoms with Gasteiger partial charge in [-0.1, -0.05) is 5.16 Å². The summed E-state index contributed by atoms with van der Waals surface area (Å²) in [5, 5.41) is 15.2. The van der Waals surface area contributed by atoms with E-state index >= 15 is 0 Å². The van der Waals surface area contributed by atoms with Gasteiger partial charge in [0.2, 0.25) is 0 Å². The molecule has 2 bridgehead atoms. The Kier molecular flexibility index (Phi) is 3.92. The van der Waals surface area contributed by atoms with Crippen LogP contribution in [-0.2, 0) is 11.3 Å². The molecule has 3 heterocycles. The summed E-state index contributed by atoms with van der Waals surface area (Å²) in [6.07, 6.45) is 2.36. The third kappa shape index (κ3) is 3.13. The van der Waals surface area contributed by atoms with Crippen molar-refractivity contribution in [2.45, 2.75) is 64.3 Å². The SMILES string of the molecule is CN(Cc1cc([C@@H]2CC3(CC3)[C@H]3CN2C(=O)N3O)no1)C(=O)OC(C)(C)C. The van der Waals surface area contributed by atoms with Gasteiger partial charge in [-0.2, -0.15) is 0 Å². The van der Waals surface area contributed by atoms with E-state index in [0.717, 1.165) is 24.3 Å². The van der Waals surface area contributed by atoms with Crippen LogP contribution in [0.4, 0.5) is 9.59 Å². The molecule has 1 aliphatic carbocycles. The Morgan fingerprint density at radius 3 is 2.81 bits per heavy atom. The highest BCUT2D eigenvalue weighted by Crippen LogP contribution is 2.61. The van der Waals surface area contributed by atoms with Crippen molar-refractivity contribution in [1.29, 1.82) is 0 Å². The molecule has 3 fully saturated rings. The number of ether oxygens (including phenoxy) is 1. The lowest BCUT2D eigenvalue weighted by molar-refractivity contribution is -0.0782. The number of urea groups is 1. The van der Waals surface area contributed by atoms with Gasteiger partial charge in [0.1, 0.15) is 11.3 Å². The molecule has 148 valence electrons. The number of aromatic nitrogens is 1. The van der Waals surface area contributed by atoms with Gasteiger partial charge in [-0.15, -0.1) is 0 Å². The molecule has 27 heavy (non-hydrogen) atoms. The number of hydrogen-bond acceptors (Lipinski definition) is 6. The molecule has 9 heteroatoms. The van der Waals surface area contributed by atoms with Crippen molar-refractivity contribution in [2.75, 3.05) is 13.6 Å². The van der Waals surface area contributed by atoms with E-state index in [4.69, 9.17) is 9.26 Å². The van der Waals surface area contributed by atoms with E-state index in [1.807, 2.05) is 20.8 Å². The van der Waals surface area contributed by atoms with E-state index in [0.29, 0.717) is 18.0 Å². The monoisotopic (exact) mass is 378 g/mol. The molecule has 3 aliphatic rings. The molecule has 2 atom stereocenters. The van der Waals surface area contributed by atoms with E-state index in [2.05, 4.69) is 5.16 Å². The van der Waals surface area contributed by atoms with Gasteiger partial charge in [-0.05, 0) is 45.4 Å². The standard InChI is InChI=1S/C18H26N4O5/c1-17(2,3)26-16(24)20(4)9-11-7-12(19-27-11)13-8-18(5-6-18)14-10-21(13)15(23)22(14)25/h7,13-14,25H,5-6,8-10H2,1-4H3/t13-,14+/m0/s1. The van der Waals surface area contributed by atoms with Crippen LogP contribution in [0.3, 0.4) is 0 Å². The molecule has 1 aromatic heterocycles. The van der Waals surface area contributed by atoms with Crippen LogP contribution in [0.1, 0.15) is 57.5 Å². The number of carbonyl (C=O) groups is 2. The molecular weight excluding hydrogens is 352 g/mol. The Hall–Kier alpha value is -2.29. The van der Waals surface area contributed by atoms with Crippen LogP contribution in [0.2, 0.25) is 0 Å². The number of hydrogen-bond donors (Lipinski definition) is 1. The molecule has 1 N–H and O–H groups in total. The van der Waals surface area contributed by atoms with Crippen LogP contribution in [0, 0.1) is 5.41 Å². The molecule has 1 spiro atoms. The average molecular weight is 378 g/mol. The first-order chi connectivity index (χ1) is 12.6. The van der Waals surface area contributed by atoms with Gasteiger partial charge in [0.15, 0.2) is 5.76 Å². The van der Waals surface area contributed by atoms with Crippen molar-refractivity contribution < 1.29 is 24.1 Å². The quantitative estimate of drug-likeness (QED) is 0.812. The lowest BCUT2D eigenvalue weighted by Gasteiger charge is -2.35.